The average Bonchev–Trinajstić information content (AvgIpc) is 3.37. The molecule has 0 saturated carbocycles. The van der Waals surface area contributed by atoms with Gasteiger partial charge < -0.3 is 109 Å². The molecule has 23 heteroatoms. The first kappa shape index (κ1) is 66.1. The van der Waals surface area contributed by atoms with E-state index < -0.39 is 0 Å². The lowest BCUT2D eigenvalue weighted by atomic mass is 10.6. The Hall–Kier alpha value is -0.920. The van der Waals surface area contributed by atoms with Gasteiger partial charge in [0, 0.05) is 0 Å². The van der Waals surface area contributed by atoms with Gasteiger partial charge in [0.05, 0.1) is 304 Å². The molecular formula is C46H92O23. The van der Waals surface area contributed by atoms with Crippen molar-refractivity contribution in [3.63, 3.8) is 0 Å². The van der Waals surface area contributed by atoms with E-state index in [9.17, 15) is 0 Å². The van der Waals surface area contributed by atoms with Crippen molar-refractivity contribution in [3.05, 3.63) is 0 Å². The molecule has 23 nitrogen and oxygen atoms in total. The third-order valence-corrected chi connectivity index (χ3v) is 8.56. The predicted molar refractivity (Wildman–Crippen MR) is 249 cm³/mol. The summed E-state index contributed by atoms with van der Waals surface area (Å²) in [5, 5.41) is 0. The largest absolute Gasteiger partial charge is 0.377 e. The molecule has 0 aromatic carbocycles. The van der Waals surface area contributed by atoms with E-state index in [0.29, 0.717) is 304 Å². The van der Waals surface area contributed by atoms with Crippen molar-refractivity contribution in [1.82, 2.24) is 0 Å². The van der Waals surface area contributed by atoms with E-state index >= 15 is 0 Å². The minimum absolute atomic E-state index is 0.556. The third-order valence-electron chi connectivity index (χ3n) is 8.56. The Morgan fingerprint density at radius 1 is 0.0580 bits per heavy atom. The molecule has 414 valence electrons. The van der Waals surface area contributed by atoms with Crippen molar-refractivity contribution in [3.8, 4) is 0 Å². The Kier molecular flexibility index (Phi) is 60.5. The average molecular weight is 1010 g/mol. The molecule has 0 bridgehead atoms. The van der Waals surface area contributed by atoms with Gasteiger partial charge in [-0.15, -0.1) is 0 Å². The molecule has 0 aliphatic carbocycles. The molecule has 4 aliphatic heterocycles. The van der Waals surface area contributed by atoms with Gasteiger partial charge in [-0.3, -0.25) is 0 Å². The van der Waals surface area contributed by atoms with E-state index in [0.717, 1.165) is 0 Å². The zero-order valence-electron chi connectivity index (χ0n) is 41.9. The van der Waals surface area contributed by atoms with Crippen molar-refractivity contribution in [2.24, 2.45) is 0 Å². The summed E-state index contributed by atoms with van der Waals surface area (Å²) in [5.41, 5.74) is 0. The van der Waals surface area contributed by atoms with Crippen LogP contribution in [0, 0.1) is 0 Å². The monoisotopic (exact) mass is 1010 g/mol. The second kappa shape index (κ2) is 63.2. The lowest BCUT2D eigenvalue weighted by Gasteiger charge is -2.09. The second-order valence-electron chi connectivity index (χ2n) is 14.1. The summed E-state index contributed by atoms with van der Waals surface area (Å²) in [6, 6.07) is 0. The maximum atomic E-state index is 5.39. The first-order chi connectivity index (χ1) is 34.5. The molecule has 0 atom stereocenters. The number of ether oxygens (including phenoxy) is 23. The lowest BCUT2D eigenvalue weighted by Crippen LogP contribution is -2.16. The molecule has 4 rings (SSSR count). The molecule has 0 aromatic rings. The smallest absolute Gasteiger partial charge is 0.0701 e. The Labute approximate surface area is 412 Å². The van der Waals surface area contributed by atoms with E-state index in [1.807, 2.05) is 0 Å². The highest BCUT2D eigenvalue weighted by Gasteiger charge is 2.00. The highest BCUT2D eigenvalue weighted by molar-refractivity contribution is 4.43. The summed E-state index contributed by atoms with van der Waals surface area (Å²) in [7, 11) is 0. The minimum atomic E-state index is 0.556. The van der Waals surface area contributed by atoms with Crippen molar-refractivity contribution >= 4 is 0 Å². The van der Waals surface area contributed by atoms with Crippen molar-refractivity contribution in [1.29, 1.82) is 0 Å². The van der Waals surface area contributed by atoms with Crippen LogP contribution in [0.5, 0.6) is 0 Å². The molecule has 0 unspecified atom stereocenters. The maximum Gasteiger partial charge on any atom is 0.0701 e. The van der Waals surface area contributed by atoms with E-state index in [2.05, 4.69) is 0 Å². The van der Waals surface area contributed by atoms with Crippen LogP contribution in [0.3, 0.4) is 0 Å². The maximum absolute atomic E-state index is 5.39. The molecule has 0 aromatic heterocycles. The van der Waals surface area contributed by atoms with E-state index in [1.54, 1.807) is 0 Å². The summed E-state index contributed by atoms with van der Waals surface area (Å²) in [6.45, 7) is 27.2. The van der Waals surface area contributed by atoms with Crippen LogP contribution in [0.25, 0.3) is 0 Å². The van der Waals surface area contributed by atoms with Crippen LogP contribution < -0.4 is 0 Å². The third kappa shape index (κ3) is 61.3. The zero-order valence-corrected chi connectivity index (χ0v) is 41.9. The van der Waals surface area contributed by atoms with Crippen molar-refractivity contribution in [2.45, 2.75) is 0 Å². The Bertz CT molecular complexity index is 620. The van der Waals surface area contributed by atoms with Crippen LogP contribution in [-0.2, 0) is 109 Å². The van der Waals surface area contributed by atoms with Crippen LogP contribution in [0.1, 0.15) is 0 Å². The Morgan fingerprint density at radius 3 is 0.116 bits per heavy atom. The first-order valence-electron chi connectivity index (χ1n) is 24.8. The van der Waals surface area contributed by atoms with Gasteiger partial charge in [0.15, 0.2) is 0 Å². The summed E-state index contributed by atoms with van der Waals surface area (Å²) in [5.74, 6) is 0. The Balaban J connectivity index is 0.000000474. The summed E-state index contributed by atoms with van der Waals surface area (Å²) >= 11 is 0. The molecule has 0 radical (unpaired) electrons. The van der Waals surface area contributed by atoms with Crippen LogP contribution in [-0.4, -0.2) is 304 Å². The van der Waals surface area contributed by atoms with E-state index in [-0.39, 0.29) is 0 Å². The van der Waals surface area contributed by atoms with Crippen LogP contribution in [0.4, 0.5) is 0 Å². The van der Waals surface area contributed by atoms with Gasteiger partial charge in [-0.05, 0) is 0 Å². The Morgan fingerprint density at radius 2 is 0.0870 bits per heavy atom. The van der Waals surface area contributed by atoms with Gasteiger partial charge in [0.2, 0.25) is 0 Å². The molecule has 4 aliphatic rings. The predicted octanol–water partition coefficient (Wildman–Crippen LogP) is 0.382. The van der Waals surface area contributed by atoms with Crippen LogP contribution in [0.2, 0.25) is 0 Å². The lowest BCUT2D eigenvalue weighted by molar-refractivity contribution is -0.0334. The molecular weight excluding hydrogens is 920 g/mol. The van der Waals surface area contributed by atoms with Crippen molar-refractivity contribution < 1.29 is 109 Å². The summed E-state index contributed by atoms with van der Waals surface area (Å²) in [4.78, 5) is 0. The highest BCUT2D eigenvalue weighted by atomic mass is 16.6. The molecule has 0 spiro atoms. The fourth-order valence-corrected chi connectivity index (χ4v) is 5.06. The molecule has 4 fully saturated rings. The summed E-state index contributed by atoms with van der Waals surface area (Å²) in [6.07, 6.45) is 0. The normalized spacial score (nSPS) is 24.0. The van der Waals surface area contributed by atoms with Gasteiger partial charge in [0.1, 0.15) is 0 Å². The molecule has 4 heterocycles. The zero-order chi connectivity index (χ0) is 48.8. The molecule has 0 N–H and O–H groups in total. The molecule has 4 saturated heterocycles. The second-order valence-corrected chi connectivity index (χ2v) is 14.1. The van der Waals surface area contributed by atoms with Crippen LogP contribution in [0.15, 0.2) is 0 Å². The summed E-state index contributed by atoms with van der Waals surface area (Å²) < 4.78 is 122. The van der Waals surface area contributed by atoms with E-state index in [1.165, 1.54) is 0 Å². The minimum Gasteiger partial charge on any atom is -0.377 e. The number of rotatable bonds is 0. The van der Waals surface area contributed by atoms with Crippen molar-refractivity contribution in [2.75, 3.05) is 304 Å². The van der Waals surface area contributed by atoms with Crippen LogP contribution >= 0.6 is 0 Å². The number of hydrogen-bond acceptors (Lipinski definition) is 23. The fraction of sp³-hybridized carbons (Fsp3) is 1.00. The van der Waals surface area contributed by atoms with Gasteiger partial charge in [-0.2, -0.15) is 0 Å². The van der Waals surface area contributed by atoms with Gasteiger partial charge in [0.25, 0.3) is 0 Å². The van der Waals surface area contributed by atoms with Gasteiger partial charge in [-0.1, -0.05) is 0 Å². The molecule has 0 amide bonds. The number of hydrogen-bond donors (Lipinski definition) is 0. The highest BCUT2D eigenvalue weighted by Crippen LogP contribution is 1.91. The first-order valence-corrected chi connectivity index (χ1v) is 24.8. The standard InChI is InChI=1S/C16H32O8.C12H24O6.C10H20O5.C8H16O4/c1-2-18-5-6-20-9-10-22-13-14-24-16-15-23-12-11-21-8-7-19-4-3-17-1;1-2-14-5-6-16-9-10-18-12-11-17-8-7-15-4-3-13-1;1-2-12-5-6-14-9-10-15-8-7-13-4-3-11-1;1-2-10-5-6-12-8-7-11-4-3-9-1/h1-16H2;1-12H2;1-10H2;1-8H2. The topological polar surface area (TPSA) is 212 Å². The molecule has 69 heavy (non-hydrogen) atoms. The SMILES string of the molecule is C1COCCOCCOCCO1.C1COCCOCCOCCOCCO1.C1COCCOCCOCCOCCOCCO1.C1COCCOCCOCCOCCOCCOCCOCCO1. The van der Waals surface area contributed by atoms with Gasteiger partial charge >= 0.3 is 0 Å². The van der Waals surface area contributed by atoms with Gasteiger partial charge in [-0.25, -0.2) is 0 Å². The quantitative estimate of drug-likeness (QED) is 0.321. The van der Waals surface area contributed by atoms with E-state index in [4.69, 9.17) is 109 Å². The fourth-order valence-electron chi connectivity index (χ4n) is 5.06.